The molecule has 1 atom stereocenters. The molecule has 5 N–H and O–H groups in total. The van der Waals surface area contributed by atoms with Crippen molar-refractivity contribution < 1.29 is 14.6 Å². The third kappa shape index (κ3) is 4.85. The fourth-order valence-corrected chi connectivity index (χ4v) is 5.18. The van der Waals surface area contributed by atoms with Gasteiger partial charge < -0.3 is 26.2 Å². The van der Waals surface area contributed by atoms with Crippen molar-refractivity contribution in [1.82, 2.24) is 4.90 Å². The van der Waals surface area contributed by atoms with Crippen LogP contribution in [0.25, 0.3) is 0 Å². The van der Waals surface area contributed by atoms with Gasteiger partial charge in [0.05, 0.1) is 12.9 Å². The lowest BCUT2D eigenvalue weighted by Crippen LogP contribution is -2.58. The molecule has 0 radical (unpaired) electrons. The summed E-state index contributed by atoms with van der Waals surface area (Å²) in [5.74, 6) is 0.869. The van der Waals surface area contributed by atoms with Crippen LogP contribution < -0.4 is 11.5 Å². The van der Waals surface area contributed by atoms with Gasteiger partial charge in [-0.05, 0) is 47.6 Å². The Balaban J connectivity index is 0.00000363. The molecule has 178 valence electrons. The molecule has 2 amide bonds. The number of rotatable bonds is 4. The number of carbonyl (C=O) groups excluding carboxylic acids is 1. The number of anilines is 1. The number of methoxy groups -OCH3 is 1. The Morgan fingerprint density at radius 3 is 2.16 bits per heavy atom. The molecular weight excluding hydrogens is 426 g/mol. The molecular formula is C25H38ClN3O3. The summed E-state index contributed by atoms with van der Waals surface area (Å²) in [5.41, 5.74) is 13.0. The zero-order valence-corrected chi connectivity index (χ0v) is 20.5. The number of halogens is 1. The van der Waals surface area contributed by atoms with Crippen molar-refractivity contribution >= 4 is 24.1 Å². The number of amides is 2. The van der Waals surface area contributed by atoms with Gasteiger partial charge in [0, 0.05) is 18.2 Å². The predicted molar refractivity (Wildman–Crippen MR) is 132 cm³/mol. The first-order chi connectivity index (χ1) is 14.6. The van der Waals surface area contributed by atoms with Crippen LogP contribution in [-0.2, 0) is 10.3 Å². The van der Waals surface area contributed by atoms with Crippen LogP contribution in [0, 0.1) is 5.41 Å². The quantitative estimate of drug-likeness (QED) is 0.389. The van der Waals surface area contributed by atoms with Gasteiger partial charge in [0.15, 0.2) is 0 Å². The third-order valence-corrected chi connectivity index (χ3v) is 6.67. The predicted octanol–water partition coefficient (Wildman–Crippen LogP) is 5.78. The molecule has 0 aliphatic heterocycles. The number of nitrogens with two attached hydrogens (primary N) is 2. The summed E-state index contributed by atoms with van der Waals surface area (Å²) in [6.45, 7) is 6.15. The maximum atomic E-state index is 13.0. The molecule has 0 spiro atoms. The Morgan fingerprint density at radius 1 is 1.12 bits per heavy atom. The maximum Gasteiger partial charge on any atom is 0.316 e. The van der Waals surface area contributed by atoms with E-state index in [4.69, 9.17) is 16.2 Å². The minimum Gasteiger partial charge on any atom is -0.512 e. The summed E-state index contributed by atoms with van der Waals surface area (Å²) in [6.07, 6.45) is 8.28. The zero-order valence-electron chi connectivity index (χ0n) is 19.7. The standard InChI is InChI=1S/C25H37N3O3.ClH/c1-24(2,3)20-15-22(31-4)25(16-21(20)29,17-11-13-18(26)14-12-17)28(23(27)30)19-9-7-5-6-8-10-19;/h11-15,19,29H,5-10,16,26H2,1-4H3,(H2,27,30);1H. The van der Waals surface area contributed by atoms with Crippen LogP contribution in [0.2, 0.25) is 0 Å². The molecule has 0 aromatic heterocycles. The number of aliphatic hydroxyl groups is 1. The highest BCUT2D eigenvalue weighted by molar-refractivity contribution is 5.85. The first-order valence-electron chi connectivity index (χ1n) is 11.2. The van der Waals surface area contributed by atoms with E-state index in [0.717, 1.165) is 49.7 Å². The summed E-state index contributed by atoms with van der Waals surface area (Å²) in [7, 11) is 1.62. The number of benzene rings is 1. The number of hydrogen-bond acceptors (Lipinski definition) is 4. The van der Waals surface area contributed by atoms with Gasteiger partial charge in [-0.3, -0.25) is 0 Å². The number of nitrogen functional groups attached to an aromatic ring is 1. The van der Waals surface area contributed by atoms with Crippen molar-refractivity contribution in [2.75, 3.05) is 12.8 Å². The van der Waals surface area contributed by atoms with Crippen LogP contribution >= 0.6 is 12.4 Å². The largest absolute Gasteiger partial charge is 0.512 e. The average Bonchev–Trinajstić information content (AvgIpc) is 2.96. The molecule has 1 saturated carbocycles. The van der Waals surface area contributed by atoms with Crippen LogP contribution in [0.1, 0.15) is 71.3 Å². The first kappa shape index (κ1) is 25.9. The van der Waals surface area contributed by atoms with Crippen molar-refractivity contribution in [3.8, 4) is 0 Å². The topological polar surface area (TPSA) is 102 Å². The van der Waals surface area contributed by atoms with E-state index in [2.05, 4.69) is 20.8 Å². The van der Waals surface area contributed by atoms with E-state index in [0.29, 0.717) is 11.4 Å². The molecule has 2 aliphatic rings. The molecule has 0 saturated heterocycles. The summed E-state index contributed by atoms with van der Waals surface area (Å²) >= 11 is 0. The van der Waals surface area contributed by atoms with Crippen molar-refractivity contribution in [1.29, 1.82) is 0 Å². The zero-order chi connectivity index (χ0) is 22.8. The van der Waals surface area contributed by atoms with Crippen molar-refractivity contribution in [3.63, 3.8) is 0 Å². The smallest absolute Gasteiger partial charge is 0.316 e. The Kier molecular flexibility index (Phi) is 8.16. The highest BCUT2D eigenvalue weighted by Gasteiger charge is 2.51. The number of carbonyl (C=O) groups is 1. The number of urea groups is 1. The monoisotopic (exact) mass is 463 g/mol. The van der Waals surface area contributed by atoms with Crippen molar-refractivity contribution in [3.05, 3.63) is 53.0 Å². The summed E-state index contributed by atoms with van der Waals surface area (Å²) < 4.78 is 5.95. The van der Waals surface area contributed by atoms with Crippen LogP contribution in [0.4, 0.5) is 10.5 Å². The van der Waals surface area contributed by atoms with Gasteiger partial charge in [-0.25, -0.2) is 4.79 Å². The van der Waals surface area contributed by atoms with Gasteiger partial charge in [-0.2, -0.15) is 0 Å². The highest BCUT2D eigenvalue weighted by Crippen LogP contribution is 2.50. The fourth-order valence-electron chi connectivity index (χ4n) is 5.18. The van der Waals surface area contributed by atoms with Gasteiger partial charge in [-0.1, -0.05) is 58.6 Å². The van der Waals surface area contributed by atoms with Gasteiger partial charge in [-0.15, -0.1) is 12.4 Å². The summed E-state index contributed by atoms with van der Waals surface area (Å²) in [5, 5.41) is 11.2. The van der Waals surface area contributed by atoms with Gasteiger partial charge >= 0.3 is 6.03 Å². The van der Waals surface area contributed by atoms with Crippen molar-refractivity contribution in [2.24, 2.45) is 11.1 Å². The van der Waals surface area contributed by atoms with Gasteiger partial charge in [0.25, 0.3) is 0 Å². The van der Waals surface area contributed by atoms with E-state index in [1.165, 1.54) is 0 Å². The number of ether oxygens (including phenoxy) is 1. The molecule has 0 bridgehead atoms. The summed E-state index contributed by atoms with van der Waals surface area (Å²) in [6, 6.07) is 6.92. The van der Waals surface area contributed by atoms with Crippen LogP contribution in [-0.4, -0.2) is 29.2 Å². The Morgan fingerprint density at radius 2 is 1.69 bits per heavy atom. The van der Waals surface area contributed by atoms with Crippen molar-refractivity contribution in [2.45, 2.75) is 77.3 Å². The molecule has 32 heavy (non-hydrogen) atoms. The minimum absolute atomic E-state index is 0. The van der Waals surface area contributed by atoms with E-state index >= 15 is 0 Å². The van der Waals surface area contributed by atoms with Gasteiger partial charge in [0.2, 0.25) is 0 Å². The number of primary amides is 1. The molecule has 3 rings (SSSR count). The third-order valence-electron chi connectivity index (χ3n) is 6.67. The van der Waals surface area contributed by atoms with E-state index in [9.17, 15) is 9.90 Å². The second-order valence-corrected chi connectivity index (χ2v) is 9.84. The van der Waals surface area contributed by atoms with E-state index in [-0.39, 0.29) is 36.0 Å². The molecule has 6 nitrogen and oxygen atoms in total. The Labute approximate surface area is 198 Å². The summed E-state index contributed by atoms with van der Waals surface area (Å²) in [4.78, 5) is 14.8. The average molecular weight is 464 g/mol. The lowest BCUT2D eigenvalue weighted by molar-refractivity contribution is 0.0416. The number of nitrogens with zero attached hydrogens (tertiary/aromatic N) is 1. The lowest BCUT2D eigenvalue weighted by atomic mass is 9.72. The number of allylic oxidation sites excluding steroid dienone is 2. The molecule has 1 aromatic carbocycles. The highest BCUT2D eigenvalue weighted by atomic mass is 35.5. The molecule has 0 heterocycles. The van der Waals surface area contributed by atoms with Crippen LogP contribution in [0.5, 0.6) is 0 Å². The fraction of sp³-hybridized carbons (Fsp3) is 0.560. The number of aliphatic hydroxyl groups excluding tert-OH is 1. The Hall–Kier alpha value is -2.34. The molecule has 7 heteroatoms. The second kappa shape index (κ2) is 10.1. The normalized spacial score (nSPS) is 22.4. The van der Waals surface area contributed by atoms with Gasteiger partial charge in [0.1, 0.15) is 11.3 Å². The van der Waals surface area contributed by atoms with E-state index in [1.807, 2.05) is 30.3 Å². The Bertz CT molecular complexity index is 865. The molecule has 2 aliphatic carbocycles. The lowest BCUT2D eigenvalue weighted by Gasteiger charge is -2.49. The van der Waals surface area contributed by atoms with Crippen LogP contribution in [0.3, 0.4) is 0 Å². The minimum atomic E-state index is -1.03. The molecule has 1 fully saturated rings. The maximum absolute atomic E-state index is 13.0. The molecule has 1 aromatic rings. The van der Waals surface area contributed by atoms with E-state index in [1.54, 1.807) is 12.0 Å². The first-order valence-corrected chi connectivity index (χ1v) is 11.2. The SMILES string of the molecule is COC1=CC(C(C)(C)C)=C(O)CC1(c1ccc(N)cc1)N(C(N)=O)C1CCCCCC1.Cl. The van der Waals surface area contributed by atoms with Crippen LogP contribution in [0.15, 0.2) is 47.4 Å². The molecule has 1 unspecified atom stereocenters. The van der Waals surface area contributed by atoms with E-state index < -0.39 is 11.6 Å². The number of hydrogen-bond donors (Lipinski definition) is 3. The second-order valence-electron chi connectivity index (χ2n) is 9.84.